The molecule has 0 amide bonds. The third-order valence-corrected chi connectivity index (χ3v) is 1.75. The molecule has 0 aromatic heterocycles. The zero-order valence-corrected chi connectivity index (χ0v) is 7.50. The summed E-state index contributed by atoms with van der Waals surface area (Å²) in [5.41, 5.74) is 2.14. The minimum atomic E-state index is 0.833. The number of methoxy groups -OCH3 is 1. The SMILES string of the molecule is C=C1CC=NC=C1/C=C(/C)OC. The maximum atomic E-state index is 5.03. The van der Waals surface area contributed by atoms with Crippen LogP contribution in [-0.4, -0.2) is 13.3 Å². The molecule has 0 atom stereocenters. The first-order chi connectivity index (χ1) is 5.74. The van der Waals surface area contributed by atoms with Gasteiger partial charge in [-0.3, -0.25) is 4.99 Å². The quantitative estimate of drug-likeness (QED) is 0.573. The molecule has 0 radical (unpaired) electrons. The Balaban J connectivity index is 2.80. The number of nitrogens with zero attached hydrogens (tertiary/aromatic N) is 1. The molecule has 0 saturated heterocycles. The highest BCUT2D eigenvalue weighted by Crippen LogP contribution is 2.17. The molecule has 64 valence electrons. The van der Waals surface area contributed by atoms with Crippen LogP contribution in [0, 0.1) is 0 Å². The summed E-state index contributed by atoms with van der Waals surface area (Å²) in [5, 5.41) is 0. The minimum Gasteiger partial charge on any atom is -0.501 e. The van der Waals surface area contributed by atoms with Crippen LogP contribution in [0.1, 0.15) is 13.3 Å². The van der Waals surface area contributed by atoms with Crippen molar-refractivity contribution >= 4 is 6.21 Å². The summed E-state index contributed by atoms with van der Waals surface area (Å²) in [4.78, 5) is 4.05. The van der Waals surface area contributed by atoms with Crippen LogP contribution < -0.4 is 0 Å². The van der Waals surface area contributed by atoms with Crippen LogP contribution in [0.5, 0.6) is 0 Å². The van der Waals surface area contributed by atoms with Gasteiger partial charge in [0.2, 0.25) is 0 Å². The Kier molecular flexibility index (Phi) is 2.86. The van der Waals surface area contributed by atoms with Crippen LogP contribution in [0.25, 0.3) is 0 Å². The van der Waals surface area contributed by atoms with Gasteiger partial charge in [0.1, 0.15) is 0 Å². The third kappa shape index (κ3) is 2.09. The van der Waals surface area contributed by atoms with E-state index in [1.165, 1.54) is 0 Å². The second-order valence-electron chi connectivity index (χ2n) is 2.68. The molecule has 0 bridgehead atoms. The van der Waals surface area contributed by atoms with E-state index in [4.69, 9.17) is 4.74 Å². The second-order valence-corrected chi connectivity index (χ2v) is 2.68. The molecule has 0 aromatic carbocycles. The summed E-state index contributed by atoms with van der Waals surface area (Å²) in [7, 11) is 1.65. The topological polar surface area (TPSA) is 21.6 Å². The Labute approximate surface area is 73.0 Å². The van der Waals surface area contributed by atoms with E-state index in [-0.39, 0.29) is 0 Å². The van der Waals surface area contributed by atoms with Gasteiger partial charge in [-0.15, -0.1) is 0 Å². The molecule has 0 aromatic rings. The van der Waals surface area contributed by atoms with Gasteiger partial charge in [-0.2, -0.15) is 0 Å². The lowest BCUT2D eigenvalue weighted by Crippen LogP contribution is -1.93. The fourth-order valence-electron chi connectivity index (χ4n) is 0.922. The van der Waals surface area contributed by atoms with E-state index in [1.54, 1.807) is 13.3 Å². The zero-order chi connectivity index (χ0) is 8.97. The van der Waals surface area contributed by atoms with Crippen LogP contribution in [0.2, 0.25) is 0 Å². The van der Waals surface area contributed by atoms with Crippen molar-refractivity contribution in [2.45, 2.75) is 13.3 Å². The number of aliphatic imine (C=N–C) groups is 1. The Morgan fingerprint density at radius 3 is 3.08 bits per heavy atom. The molecule has 0 saturated carbocycles. The lowest BCUT2D eigenvalue weighted by molar-refractivity contribution is 0.293. The lowest BCUT2D eigenvalue weighted by atomic mass is 10.0. The van der Waals surface area contributed by atoms with Gasteiger partial charge in [0, 0.05) is 18.8 Å². The van der Waals surface area contributed by atoms with Gasteiger partial charge in [0.05, 0.1) is 12.9 Å². The summed E-state index contributed by atoms with van der Waals surface area (Å²) in [6.07, 6.45) is 6.42. The first-order valence-corrected chi connectivity index (χ1v) is 3.86. The fraction of sp³-hybridized carbons (Fsp3) is 0.300. The van der Waals surface area contributed by atoms with Gasteiger partial charge >= 0.3 is 0 Å². The van der Waals surface area contributed by atoms with Crippen molar-refractivity contribution in [1.82, 2.24) is 0 Å². The highest BCUT2D eigenvalue weighted by Gasteiger charge is 2.02. The molecule has 1 heterocycles. The molecular formula is C10H13NO. The average Bonchev–Trinajstić information content (AvgIpc) is 2.09. The summed E-state index contributed by atoms with van der Waals surface area (Å²) < 4.78 is 5.03. The first-order valence-electron chi connectivity index (χ1n) is 3.86. The number of rotatable bonds is 2. The molecule has 0 N–H and O–H groups in total. The lowest BCUT2D eigenvalue weighted by Gasteiger charge is -2.07. The van der Waals surface area contributed by atoms with E-state index in [1.807, 2.05) is 19.2 Å². The van der Waals surface area contributed by atoms with Gasteiger partial charge in [0.25, 0.3) is 0 Å². The van der Waals surface area contributed by atoms with Crippen molar-refractivity contribution in [3.63, 3.8) is 0 Å². The molecule has 2 heteroatoms. The van der Waals surface area contributed by atoms with E-state index < -0.39 is 0 Å². The van der Waals surface area contributed by atoms with Gasteiger partial charge in [0.15, 0.2) is 0 Å². The number of ether oxygens (including phenoxy) is 1. The zero-order valence-electron chi connectivity index (χ0n) is 7.50. The van der Waals surface area contributed by atoms with Crippen molar-refractivity contribution in [3.05, 3.63) is 35.8 Å². The normalized spacial score (nSPS) is 17.7. The molecule has 1 aliphatic rings. The predicted molar refractivity (Wildman–Crippen MR) is 51.1 cm³/mol. The molecular weight excluding hydrogens is 150 g/mol. The van der Waals surface area contributed by atoms with E-state index in [0.29, 0.717) is 0 Å². The van der Waals surface area contributed by atoms with Gasteiger partial charge in [-0.25, -0.2) is 0 Å². The highest BCUT2D eigenvalue weighted by molar-refractivity contribution is 5.68. The molecule has 1 rings (SSSR count). The molecule has 12 heavy (non-hydrogen) atoms. The number of allylic oxidation sites excluding steroid dienone is 4. The van der Waals surface area contributed by atoms with Crippen molar-refractivity contribution in [2.24, 2.45) is 4.99 Å². The van der Waals surface area contributed by atoms with Crippen LogP contribution in [-0.2, 0) is 4.74 Å². The monoisotopic (exact) mass is 163 g/mol. The van der Waals surface area contributed by atoms with Crippen LogP contribution in [0.15, 0.2) is 40.8 Å². The molecule has 0 unspecified atom stereocenters. The smallest absolute Gasteiger partial charge is 0.0931 e. The average molecular weight is 163 g/mol. The largest absolute Gasteiger partial charge is 0.501 e. The Bertz CT molecular complexity index is 272. The maximum absolute atomic E-state index is 5.03. The van der Waals surface area contributed by atoms with Crippen LogP contribution in [0.3, 0.4) is 0 Å². The Hall–Kier alpha value is -1.31. The van der Waals surface area contributed by atoms with Crippen molar-refractivity contribution in [1.29, 1.82) is 0 Å². The standard InChI is InChI=1S/C10H13NO/c1-8-4-5-11-7-10(8)6-9(2)12-3/h5-7H,1,4H2,2-3H3/b9-6-. The molecule has 0 fully saturated rings. The van der Waals surface area contributed by atoms with Gasteiger partial charge in [-0.05, 0) is 24.1 Å². The van der Waals surface area contributed by atoms with Crippen LogP contribution >= 0.6 is 0 Å². The molecule has 2 nitrogen and oxygen atoms in total. The predicted octanol–water partition coefficient (Wildman–Crippen LogP) is 2.45. The maximum Gasteiger partial charge on any atom is 0.0931 e. The van der Waals surface area contributed by atoms with E-state index >= 15 is 0 Å². The van der Waals surface area contributed by atoms with Gasteiger partial charge < -0.3 is 4.74 Å². The van der Waals surface area contributed by atoms with Crippen molar-refractivity contribution in [2.75, 3.05) is 7.11 Å². The fourth-order valence-corrected chi connectivity index (χ4v) is 0.922. The Morgan fingerprint density at radius 2 is 2.50 bits per heavy atom. The van der Waals surface area contributed by atoms with Crippen molar-refractivity contribution in [3.8, 4) is 0 Å². The number of hydrogen-bond acceptors (Lipinski definition) is 2. The molecule has 0 aliphatic carbocycles. The minimum absolute atomic E-state index is 0.833. The van der Waals surface area contributed by atoms with E-state index in [2.05, 4.69) is 11.6 Å². The molecule has 0 spiro atoms. The summed E-state index contributed by atoms with van der Waals surface area (Å²) in [6, 6.07) is 0. The van der Waals surface area contributed by atoms with E-state index in [0.717, 1.165) is 23.3 Å². The summed E-state index contributed by atoms with van der Waals surface area (Å²) >= 11 is 0. The third-order valence-electron chi connectivity index (χ3n) is 1.75. The number of hydrogen-bond donors (Lipinski definition) is 0. The summed E-state index contributed by atoms with van der Waals surface area (Å²) in [6.45, 7) is 5.83. The second kappa shape index (κ2) is 3.90. The molecule has 1 aliphatic heterocycles. The summed E-state index contributed by atoms with van der Waals surface area (Å²) in [5.74, 6) is 0.875. The highest BCUT2D eigenvalue weighted by atomic mass is 16.5. The first kappa shape index (κ1) is 8.78. The van der Waals surface area contributed by atoms with E-state index in [9.17, 15) is 0 Å². The Morgan fingerprint density at radius 1 is 1.75 bits per heavy atom. The van der Waals surface area contributed by atoms with Crippen LogP contribution in [0.4, 0.5) is 0 Å². The van der Waals surface area contributed by atoms with Gasteiger partial charge in [-0.1, -0.05) is 6.58 Å². The van der Waals surface area contributed by atoms with Crippen molar-refractivity contribution < 1.29 is 4.74 Å².